The second-order valence-corrected chi connectivity index (χ2v) is 4.84. The Hall–Kier alpha value is -2.62. The van der Waals surface area contributed by atoms with Gasteiger partial charge < -0.3 is 10.9 Å². The molecule has 0 aliphatic heterocycles. The summed E-state index contributed by atoms with van der Waals surface area (Å²) in [6, 6.07) is 15.1. The molecule has 4 heteroatoms. The normalized spacial score (nSPS) is 19.0. The summed E-state index contributed by atoms with van der Waals surface area (Å²) in [6.07, 6.45) is 0.480. The molecular weight excluding hydrogens is 252 g/mol. The summed E-state index contributed by atoms with van der Waals surface area (Å²) in [5.74, 6) is -0.911. The van der Waals surface area contributed by atoms with Crippen LogP contribution >= 0.6 is 0 Å². The predicted octanol–water partition coefficient (Wildman–Crippen LogP) is 2.04. The Morgan fingerprint density at radius 1 is 1.10 bits per heavy atom. The Labute approximate surface area is 116 Å². The number of hydrogen-bond acceptors (Lipinski definition) is 3. The minimum atomic E-state index is -0.512. The number of amides is 1. The smallest absolute Gasteiger partial charge is 0.229 e. The topological polar surface area (TPSA) is 75.7 Å². The van der Waals surface area contributed by atoms with Crippen LogP contribution in [0, 0.1) is 0 Å². The number of hydrogen-bond donors (Lipinski definition) is 2. The molecule has 0 saturated carbocycles. The van der Waals surface area contributed by atoms with Crippen molar-refractivity contribution in [1.82, 2.24) is 0 Å². The molecule has 4 nitrogen and oxygen atoms in total. The van der Waals surface area contributed by atoms with E-state index in [9.17, 15) is 10.0 Å². The van der Waals surface area contributed by atoms with E-state index in [1.54, 1.807) is 0 Å². The molecule has 1 amide bonds. The van der Waals surface area contributed by atoms with Crippen molar-refractivity contribution < 1.29 is 10.0 Å². The zero-order valence-electron chi connectivity index (χ0n) is 10.8. The van der Waals surface area contributed by atoms with Gasteiger partial charge in [-0.1, -0.05) is 53.7 Å². The third-order valence-electron chi connectivity index (χ3n) is 3.71. The molecule has 1 atom stereocenters. The largest absolute Gasteiger partial charge is 0.411 e. The molecule has 0 radical (unpaired) electrons. The van der Waals surface area contributed by atoms with E-state index in [0.717, 1.165) is 22.3 Å². The van der Waals surface area contributed by atoms with Crippen molar-refractivity contribution in [3.05, 3.63) is 70.8 Å². The molecule has 0 heterocycles. The van der Waals surface area contributed by atoms with Gasteiger partial charge in [-0.2, -0.15) is 0 Å². The van der Waals surface area contributed by atoms with E-state index in [-0.39, 0.29) is 0 Å². The number of primary amides is 1. The van der Waals surface area contributed by atoms with E-state index in [1.165, 1.54) is 0 Å². The first-order valence-corrected chi connectivity index (χ1v) is 6.39. The van der Waals surface area contributed by atoms with Crippen molar-refractivity contribution in [3.63, 3.8) is 0 Å². The van der Waals surface area contributed by atoms with Gasteiger partial charge in [-0.3, -0.25) is 4.79 Å². The highest BCUT2D eigenvalue weighted by atomic mass is 16.4. The number of fused-ring (bicyclic) bond motifs is 2. The van der Waals surface area contributed by atoms with Crippen molar-refractivity contribution in [2.75, 3.05) is 0 Å². The van der Waals surface area contributed by atoms with Gasteiger partial charge in [-0.25, -0.2) is 0 Å². The molecule has 1 aliphatic rings. The van der Waals surface area contributed by atoms with Crippen LogP contribution in [0.3, 0.4) is 0 Å². The lowest BCUT2D eigenvalue weighted by Gasteiger charge is -2.16. The molecule has 2 aromatic carbocycles. The molecule has 1 unspecified atom stereocenters. The molecule has 100 valence electrons. The van der Waals surface area contributed by atoms with Crippen molar-refractivity contribution in [2.45, 2.75) is 12.3 Å². The number of rotatable bonds is 1. The fourth-order valence-electron chi connectivity index (χ4n) is 2.83. The number of nitrogens with two attached hydrogens (primary N) is 1. The fourth-order valence-corrected chi connectivity index (χ4v) is 2.83. The van der Waals surface area contributed by atoms with Crippen molar-refractivity contribution >= 4 is 11.6 Å². The van der Waals surface area contributed by atoms with E-state index >= 15 is 0 Å². The second kappa shape index (κ2) is 4.81. The van der Waals surface area contributed by atoms with E-state index in [2.05, 4.69) is 5.16 Å². The number of oxime groups is 1. The standard InChI is InChI=1S/C16H14N2O2/c17-16(19)15-11-6-2-1-5-10(11)9-14(18-20)12-7-3-4-8-13(12)15/h1-8,15,20H,9H2,(H2,17,19)/b18-14+. The highest BCUT2D eigenvalue weighted by molar-refractivity contribution is 6.06. The molecule has 1 aliphatic carbocycles. The average Bonchev–Trinajstić information content (AvgIpc) is 2.61. The van der Waals surface area contributed by atoms with Gasteiger partial charge in [0.15, 0.2) is 0 Å². The van der Waals surface area contributed by atoms with Crippen LogP contribution in [0.15, 0.2) is 53.7 Å². The van der Waals surface area contributed by atoms with Gasteiger partial charge in [-0.15, -0.1) is 0 Å². The quantitative estimate of drug-likeness (QED) is 0.612. The SMILES string of the molecule is NC(=O)C1c2ccccc2C/C(=N\O)c2ccccc21. The number of carbonyl (C=O) groups is 1. The van der Waals surface area contributed by atoms with E-state index in [1.807, 2.05) is 48.5 Å². The number of carbonyl (C=O) groups excluding carboxylic acids is 1. The highest BCUT2D eigenvalue weighted by Crippen LogP contribution is 2.34. The molecule has 3 rings (SSSR count). The third kappa shape index (κ3) is 1.86. The molecule has 0 aromatic heterocycles. The van der Waals surface area contributed by atoms with Gasteiger partial charge in [0.25, 0.3) is 0 Å². The zero-order valence-corrected chi connectivity index (χ0v) is 10.8. The first-order valence-electron chi connectivity index (χ1n) is 6.39. The monoisotopic (exact) mass is 266 g/mol. The maximum absolute atomic E-state index is 11.9. The van der Waals surface area contributed by atoms with Crippen LogP contribution in [0.5, 0.6) is 0 Å². The van der Waals surface area contributed by atoms with Crippen molar-refractivity contribution in [1.29, 1.82) is 0 Å². The summed E-state index contributed by atoms with van der Waals surface area (Å²) in [6.45, 7) is 0. The van der Waals surface area contributed by atoms with Crippen molar-refractivity contribution in [3.8, 4) is 0 Å². The summed E-state index contributed by atoms with van der Waals surface area (Å²) in [5.41, 5.74) is 9.57. The maximum Gasteiger partial charge on any atom is 0.229 e. The van der Waals surface area contributed by atoms with E-state index < -0.39 is 11.8 Å². The predicted molar refractivity (Wildman–Crippen MR) is 75.9 cm³/mol. The Morgan fingerprint density at radius 3 is 2.45 bits per heavy atom. The lowest BCUT2D eigenvalue weighted by molar-refractivity contribution is -0.118. The summed E-state index contributed by atoms with van der Waals surface area (Å²) < 4.78 is 0. The van der Waals surface area contributed by atoms with Gasteiger partial charge in [0, 0.05) is 12.0 Å². The maximum atomic E-state index is 11.9. The first kappa shape index (κ1) is 12.4. The van der Waals surface area contributed by atoms with Gasteiger partial charge >= 0.3 is 0 Å². The van der Waals surface area contributed by atoms with Gasteiger partial charge in [0.1, 0.15) is 0 Å². The molecule has 20 heavy (non-hydrogen) atoms. The van der Waals surface area contributed by atoms with Crippen LogP contribution in [0.1, 0.15) is 28.2 Å². The minimum absolute atomic E-state index is 0.399. The molecule has 0 spiro atoms. The Morgan fingerprint density at radius 2 is 1.75 bits per heavy atom. The second-order valence-electron chi connectivity index (χ2n) is 4.84. The molecule has 0 bridgehead atoms. The Bertz CT molecular complexity index is 707. The molecule has 3 N–H and O–H groups in total. The Kier molecular flexibility index (Phi) is 2.99. The number of benzene rings is 2. The van der Waals surface area contributed by atoms with E-state index in [0.29, 0.717) is 12.1 Å². The van der Waals surface area contributed by atoms with Crippen LogP contribution in [-0.4, -0.2) is 16.8 Å². The lowest BCUT2D eigenvalue weighted by atomic mass is 9.87. The Balaban J connectivity index is 2.33. The highest BCUT2D eigenvalue weighted by Gasteiger charge is 2.29. The fraction of sp³-hybridized carbons (Fsp3) is 0.125. The van der Waals surface area contributed by atoms with Crippen LogP contribution in [0.2, 0.25) is 0 Å². The minimum Gasteiger partial charge on any atom is -0.411 e. The molecule has 2 aromatic rings. The van der Waals surface area contributed by atoms with Gasteiger partial charge in [0.05, 0.1) is 11.6 Å². The van der Waals surface area contributed by atoms with Gasteiger partial charge in [0.2, 0.25) is 5.91 Å². The summed E-state index contributed by atoms with van der Waals surface area (Å²) in [7, 11) is 0. The number of nitrogens with zero attached hydrogens (tertiary/aromatic N) is 1. The van der Waals surface area contributed by atoms with Crippen LogP contribution in [-0.2, 0) is 11.2 Å². The van der Waals surface area contributed by atoms with Crippen molar-refractivity contribution in [2.24, 2.45) is 10.9 Å². The zero-order chi connectivity index (χ0) is 14.1. The van der Waals surface area contributed by atoms with Gasteiger partial charge in [-0.05, 0) is 16.7 Å². The molecule has 0 fully saturated rings. The molecule has 0 saturated heterocycles. The first-order chi connectivity index (χ1) is 9.72. The van der Waals surface area contributed by atoms with Crippen LogP contribution in [0.4, 0.5) is 0 Å². The lowest BCUT2D eigenvalue weighted by Crippen LogP contribution is -2.23. The summed E-state index contributed by atoms with van der Waals surface area (Å²) in [5, 5.41) is 12.7. The van der Waals surface area contributed by atoms with Crippen LogP contribution < -0.4 is 5.73 Å². The van der Waals surface area contributed by atoms with E-state index in [4.69, 9.17) is 5.73 Å². The average molecular weight is 266 g/mol. The summed E-state index contributed by atoms with van der Waals surface area (Å²) >= 11 is 0. The third-order valence-corrected chi connectivity index (χ3v) is 3.71. The summed E-state index contributed by atoms with van der Waals surface area (Å²) in [4.78, 5) is 11.9. The van der Waals surface area contributed by atoms with Crippen LogP contribution in [0.25, 0.3) is 0 Å². The molecular formula is C16H14N2O2.